The molecule has 0 aliphatic carbocycles. The van der Waals surface area contributed by atoms with Crippen molar-refractivity contribution in [2.24, 2.45) is 0 Å². The molecule has 3 aromatic carbocycles. The van der Waals surface area contributed by atoms with E-state index >= 15 is 0 Å². The highest BCUT2D eigenvalue weighted by molar-refractivity contribution is 5.91. The van der Waals surface area contributed by atoms with E-state index in [-0.39, 0.29) is 5.97 Å². The average Bonchev–Trinajstić information content (AvgIpc) is 2.80. The molecule has 0 heterocycles. The summed E-state index contributed by atoms with van der Waals surface area (Å²) in [5.74, 6) is 0.950. The van der Waals surface area contributed by atoms with Gasteiger partial charge in [-0.2, -0.15) is 0 Å². The van der Waals surface area contributed by atoms with Crippen LogP contribution in [0.15, 0.2) is 72.8 Å². The van der Waals surface area contributed by atoms with Gasteiger partial charge in [-0.1, -0.05) is 81.0 Å². The predicted octanol–water partition coefficient (Wildman–Crippen LogP) is 7.62. The van der Waals surface area contributed by atoms with Crippen molar-refractivity contribution in [2.75, 3.05) is 6.61 Å². The lowest BCUT2D eigenvalue weighted by Gasteiger charge is -2.08. The highest BCUT2D eigenvalue weighted by Gasteiger charge is 2.09. The van der Waals surface area contributed by atoms with Gasteiger partial charge in [-0.3, -0.25) is 0 Å². The second-order valence-corrected chi connectivity index (χ2v) is 7.92. The molecule has 162 valence electrons. The van der Waals surface area contributed by atoms with Crippen molar-refractivity contribution in [2.45, 2.75) is 52.4 Å². The predicted molar refractivity (Wildman–Crippen MR) is 127 cm³/mol. The van der Waals surface area contributed by atoms with Crippen LogP contribution < -0.4 is 9.47 Å². The van der Waals surface area contributed by atoms with E-state index in [1.54, 1.807) is 24.3 Å². The number of rotatable bonds is 11. The summed E-state index contributed by atoms with van der Waals surface area (Å²) >= 11 is 0. The third-order valence-electron chi connectivity index (χ3n) is 5.31. The molecule has 0 saturated carbocycles. The zero-order chi connectivity index (χ0) is 21.9. The maximum atomic E-state index is 12.5. The molecule has 0 atom stereocenters. The number of carbonyl (C=O) groups is 1. The van der Waals surface area contributed by atoms with Gasteiger partial charge in [0.15, 0.2) is 0 Å². The Labute approximate surface area is 186 Å². The van der Waals surface area contributed by atoms with Gasteiger partial charge < -0.3 is 9.47 Å². The van der Waals surface area contributed by atoms with Gasteiger partial charge in [0.25, 0.3) is 0 Å². The van der Waals surface area contributed by atoms with Crippen molar-refractivity contribution in [3.05, 3.63) is 83.9 Å². The van der Waals surface area contributed by atoms with E-state index in [2.05, 4.69) is 38.1 Å². The Hall–Kier alpha value is -3.07. The molecule has 0 aliphatic rings. The molecule has 0 N–H and O–H groups in total. The van der Waals surface area contributed by atoms with Gasteiger partial charge in [0.1, 0.15) is 11.5 Å². The molecule has 3 nitrogen and oxygen atoms in total. The summed E-state index contributed by atoms with van der Waals surface area (Å²) < 4.78 is 11.3. The molecule has 0 radical (unpaired) electrons. The lowest BCUT2D eigenvalue weighted by atomic mass is 10.0. The molecule has 0 unspecified atom stereocenters. The van der Waals surface area contributed by atoms with Gasteiger partial charge in [-0.25, -0.2) is 4.79 Å². The van der Waals surface area contributed by atoms with Gasteiger partial charge in [0, 0.05) is 0 Å². The number of hydrogen-bond acceptors (Lipinski definition) is 3. The summed E-state index contributed by atoms with van der Waals surface area (Å²) in [6.45, 7) is 5.02. The van der Waals surface area contributed by atoms with Crippen LogP contribution in [0.4, 0.5) is 0 Å². The lowest BCUT2D eigenvalue weighted by Crippen LogP contribution is -2.08. The van der Waals surface area contributed by atoms with Crippen LogP contribution in [0.3, 0.4) is 0 Å². The first kappa shape index (κ1) is 22.6. The van der Waals surface area contributed by atoms with Gasteiger partial charge in [-0.15, -0.1) is 0 Å². The second-order valence-electron chi connectivity index (χ2n) is 7.92. The zero-order valence-electron chi connectivity index (χ0n) is 18.6. The normalized spacial score (nSPS) is 10.6. The Bertz CT molecular complexity index is 926. The molecule has 3 aromatic rings. The lowest BCUT2D eigenvalue weighted by molar-refractivity contribution is 0.0734. The summed E-state index contributed by atoms with van der Waals surface area (Å²) in [5, 5.41) is 0. The second kappa shape index (κ2) is 11.9. The largest absolute Gasteiger partial charge is 0.494 e. The first-order chi connectivity index (χ1) is 15.2. The van der Waals surface area contributed by atoms with E-state index in [4.69, 9.17) is 9.47 Å². The minimum atomic E-state index is -0.365. The van der Waals surface area contributed by atoms with Crippen LogP contribution in [0, 0.1) is 6.92 Å². The number of esters is 1. The highest BCUT2D eigenvalue weighted by Crippen LogP contribution is 2.22. The monoisotopic (exact) mass is 416 g/mol. The van der Waals surface area contributed by atoms with Crippen LogP contribution in [0.5, 0.6) is 11.5 Å². The van der Waals surface area contributed by atoms with Crippen LogP contribution in [-0.2, 0) is 0 Å². The molecule has 31 heavy (non-hydrogen) atoms. The first-order valence-electron chi connectivity index (χ1n) is 11.3. The van der Waals surface area contributed by atoms with E-state index in [1.165, 1.54) is 37.7 Å². The van der Waals surface area contributed by atoms with Gasteiger partial charge in [-0.05, 0) is 60.9 Å². The third-order valence-corrected chi connectivity index (χ3v) is 5.31. The van der Waals surface area contributed by atoms with Crippen LogP contribution in [-0.4, -0.2) is 12.6 Å². The molecule has 3 rings (SSSR count). The molecule has 0 fully saturated rings. The van der Waals surface area contributed by atoms with Crippen LogP contribution in [0.25, 0.3) is 11.1 Å². The maximum absolute atomic E-state index is 12.5. The molecular weight excluding hydrogens is 384 g/mol. The summed E-state index contributed by atoms with van der Waals surface area (Å²) in [4.78, 5) is 12.5. The van der Waals surface area contributed by atoms with E-state index < -0.39 is 0 Å². The molecule has 0 aromatic heterocycles. The van der Waals surface area contributed by atoms with E-state index in [0.29, 0.717) is 11.3 Å². The molecule has 0 bridgehead atoms. The summed E-state index contributed by atoms with van der Waals surface area (Å²) in [7, 11) is 0. The van der Waals surface area contributed by atoms with Crippen LogP contribution in [0.1, 0.15) is 61.4 Å². The van der Waals surface area contributed by atoms with Crippen molar-refractivity contribution in [3.63, 3.8) is 0 Å². The van der Waals surface area contributed by atoms with Crippen LogP contribution in [0.2, 0.25) is 0 Å². The quantitative estimate of drug-likeness (QED) is 0.183. The number of aryl methyl sites for hydroxylation is 1. The molecular formula is C28H32O3. The molecule has 0 spiro atoms. The van der Waals surface area contributed by atoms with Gasteiger partial charge in [0.05, 0.1) is 12.2 Å². The number of benzene rings is 3. The van der Waals surface area contributed by atoms with E-state index in [0.717, 1.165) is 29.9 Å². The fraction of sp³-hybridized carbons (Fsp3) is 0.321. The Morgan fingerprint density at radius 3 is 1.87 bits per heavy atom. The van der Waals surface area contributed by atoms with Crippen molar-refractivity contribution in [1.82, 2.24) is 0 Å². The third kappa shape index (κ3) is 7.29. The maximum Gasteiger partial charge on any atom is 0.343 e. The van der Waals surface area contributed by atoms with Gasteiger partial charge in [0.2, 0.25) is 0 Å². The Balaban J connectivity index is 1.46. The Morgan fingerprint density at radius 1 is 0.677 bits per heavy atom. The summed E-state index contributed by atoms with van der Waals surface area (Å²) in [6, 6.07) is 23.1. The van der Waals surface area contributed by atoms with Crippen molar-refractivity contribution < 1.29 is 14.3 Å². The first-order valence-corrected chi connectivity index (χ1v) is 11.3. The molecule has 0 aliphatic heterocycles. The topological polar surface area (TPSA) is 35.5 Å². The summed E-state index contributed by atoms with van der Waals surface area (Å²) in [5.41, 5.74) is 3.95. The number of unbranched alkanes of at least 4 members (excludes halogenated alkanes) is 5. The Morgan fingerprint density at radius 2 is 1.23 bits per heavy atom. The number of carbonyl (C=O) groups excluding carboxylic acids is 1. The zero-order valence-corrected chi connectivity index (χ0v) is 18.6. The number of hydrogen-bond donors (Lipinski definition) is 0. The molecule has 0 saturated heterocycles. The van der Waals surface area contributed by atoms with Crippen molar-refractivity contribution >= 4 is 5.97 Å². The minimum Gasteiger partial charge on any atom is -0.494 e. The summed E-state index contributed by atoms with van der Waals surface area (Å²) in [6.07, 6.45) is 7.45. The van der Waals surface area contributed by atoms with E-state index in [9.17, 15) is 4.79 Å². The van der Waals surface area contributed by atoms with Crippen molar-refractivity contribution in [1.29, 1.82) is 0 Å². The molecule has 0 amide bonds. The van der Waals surface area contributed by atoms with E-state index in [1.807, 2.05) is 24.3 Å². The fourth-order valence-electron chi connectivity index (χ4n) is 3.39. The Kier molecular flexibility index (Phi) is 8.71. The minimum absolute atomic E-state index is 0.365. The smallest absolute Gasteiger partial charge is 0.343 e. The SMILES string of the molecule is CCCCCCCCOc1ccc(OC(=O)c2ccc(-c3ccc(C)cc3)cc2)cc1. The molecule has 3 heteroatoms. The fourth-order valence-corrected chi connectivity index (χ4v) is 3.39. The highest BCUT2D eigenvalue weighted by atomic mass is 16.5. The number of ether oxygens (including phenoxy) is 2. The van der Waals surface area contributed by atoms with Gasteiger partial charge >= 0.3 is 5.97 Å². The standard InChI is InChI=1S/C28H32O3/c1-3-4-5-6-7-8-21-30-26-17-19-27(20-18-26)31-28(29)25-15-13-24(14-16-25)23-11-9-22(2)10-12-23/h9-20H,3-8,21H2,1-2H3. The average molecular weight is 417 g/mol. The van der Waals surface area contributed by atoms with Crippen LogP contribution >= 0.6 is 0 Å². The van der Waals surface area contributed by atoms with Crippen molar-refractivity contribution in [3.8, 4) is 22.6 Å².